The summed E-state index contributed by atoms with van der Waals surface area (Å²) < 4.78 is 5.35. The monoisotopic (exact) mass is 378 g/mol. The second-order valence-corrected chi connectivity index (χ2v) is 7.23. The van der Waals surface area contributed by atoms with Crippen LogP contribution in [0.5, 0.6) is 0 Å². The van der Waals surface area contributed by atoms with Gasteiger partial charge < -0.3 is 4.74 Å². The van der Waals surface area contributed by atoms with E-state index < -0.39 is 5.97 Å². The normalized spacial score (nSPS) is 11.7. The molecule has 0 heterocycles. The van der Waals surface area contributed by atoms with E-state index in [0.29, 0.717) is 11.1 Å². The van der Waals surface area contributed by atoms with Crippen LogP contribution >= 0.6 is 0 Å². The molecule has 4 aromatic carbocycles. The molecular weight excluding hydrogens is 360 g/mol. The summed E-state index contributed by atoms with van der Waals surface area (Å²) in [5.74, 6) is -0.688. The van der Waals surface area contributed by atoms with Crippen molar-refractivity contribution >= 4 is 22.5 Å². The average molecular weight is 378 g/mol. The third kappa shape index (κ3) is 3.11. The Bertz CT molecular complexity index is 1260. The lowest BCUT2D eigenvalue weighted by molar-refractivity contribution is 0.0477. The zero-order valence-electron chi connectivity index (χ0n) is 15.7. The maximum Gasteiger partial charge on any atom is 0.339 e. The van der Waals surface area contributed by atoms with E-state index in [1.807, 2.05) is 66.7 Å². The Morgan fingerprint density at radius 2 is 1.52 bits per heavy atom. The van der Waals surface area contributed by atoms with Crippen molar-refractivity contribution in [1.82, 2.24) is 0 Å². The Labute approximate surface area is 168 Å². The van der Waals surface area contributed by atoms with Gasteiger partial charge in [-0.2, -0.15) is 0 Å². The molecule has 0 N–H and O–H groups in total. The molecular formula is C26H18O3. The summed E-state index contributed by atoms with van der Waals surface area (Å²) in [6.07, 6.45) is 0.885. The molecule has 3 nitrogen and oxygen atoms in total. The molecule has 4 aromatic rings. The van der Waals surface area contributed by atoms with Crippen LogP contribution in [0.15, 0.2) is 84.9 Å². The van der Waals surface area contributed by atoms with Crippen LogP contribution in [0.1, 0.15) is 31.8 Å². The molecule has 0 bridgehead atoms. The van der Waals surface area contributed by atoms with Gasteiger partial charge in [0.1, 0.15) is 0 Å². The predicted molar refractivity (Wildman–Crippen MR) is 113 cm³/mol. The van der Waals surface area contributed by atoms with Crippen molar-refractivity contribution in [1.29, 1.82) is 0 Å². The molecule has 0 radical (unpaired) electrons. The Balaban J connectivity index is 1.35. The second-order valence-electron chi connectivity index (χ2n) is 7.23. The highest BCUT2D eigenvalue weighted by atomic mass is 16.5. The van der Waals surface area contributed by atoms with Crippen molar-refractivity contribution in [2.24, 2.45) is 0 Å². The highest BCUT2D eigenvalue weighted by molar-refractivity contribution is 6.06. The lowest BCUT2D eigenvalue weighted by Crippen LogP contribution is -2.14. The molecule has 1 aliphatic carbocycles. The van der Waals surface area contributed by atoms with Gasteiger partial charge in [0.25, 0.3) is 0 Å². The van der Waals surface area contributed by atoms with Gasteiger partial charge in [0, 0.05) is 5.56 Å². The first-order valence-electron chi connectivity index (χ1n) is 9.60. The molecule has 0 fully saturated rings. The van der Waals surface area contributed by atoms with Crippen molar-refractivity contribution < 1.29 is 14.3 Å². The van der Waals surface area contributed by atoms with Gasteiger partial charge in [0.2, 0.25) is 0 Å². The minimum absolute atomic E-state index is 0.203. The molecule has 0 aliphatic heterocycles. The summed E-state index contributed by atoms with van der Waals surface area (Å²) in [5.41, 5.74) is 5.78. The van der Waals surface area contributed by atoms with Crippen molar-refractivity contribution in [3.8, 4) is 11.1 Å². The SMILES string of the molecule is O=C(COC(=O)c1cccc2ccccc12)c1ccc2c(c1)-c1ccccc1C2. The minimum Gasteiger partial charge on any atom is -0.454 e. The van der Waals surface area contributed by atoms with Crippen molar-refractivity contribution in [2.45, 2.75) is 6.42 Å². The number of rotatable bonds is 4. The maximum atomic E-state index is 12.7. The second kappa shape index (κ2) is 7.02. The van der Waals surface area contributed by atoms with Crippen LogP contribution in [0.4, 0.5) is 0 Å². The third-order valence-electron chi connectivity index (χ3n) is 5.46. The van der Waals surface area contributed by atoms with Crippen molar-refractivity contribution in [2.75, 3.05) is 6.61 Å². The zero-order chi connectivity index (χ0) is 19.8. The molecule has 140 valence electrons. The Hall–Kier alpha value is -3.72. The fourth-order valence-electron chi connectivity index (χ4n) is 3.99. The highest BCUT2D eigenvalue weighted by Gasteiger charge is 2.20. The molecule has 0 saturated carbocycles. The predicted octanol–water partition coefficient (Wildman–Crippen LogP) is 5.45. The number of carbonyl (C=O) groups is 2. The van der Waals surface area contributed by atoms with Gasteiger partial charge >= 0.3 is 5.97 Å². The van der Waals surface area contributed by atoms with E-state index in [1.165, 1.54) is 16.7 Å². The highest BCUT2D eigenvalue weighted by Crippen LogP contribution is 2.36. The molecule has 0 atom stereocenters. The average Bonchev–Trinajstić information content (AvgIpc) is 3.14. The van der Waals surface area contributed by atoms with Gasteiger partial charge in [-0.25, -0.2) is 4.79 Å². The number of ether oxygens (including phenoxy) is 1. The van der Waals surface area contributed by atoms with Gasteiger partial charge in [-0.3, -0.25) is 4.79 Å². The third-order valence-corrected chi connectivity index (χ3v) is 5.46. The molecule has 0 saturated heterocycles. The summed E-state index contributed by atoms with van der Waals surface area (Å²) in [7, 11) is 0. The molecule has 1 aliphatic rings. The quantitative estimate of drug-likeness (QED) is 0.308. The number of ketones is 1. The van der Waals surface area contributed by atoms with Gasteiger partial charge in [-0.15, -0.1) is 0 Å². The van der Waals surface area contributed by atoms with Gasteiger partial charge in [-0.1, -0.05) is 72.8 Å². The summed E-state index contributed by atoms with van der Waals surface area (Å²) in [4.78, 5) is 25.2. The van der Waals surface area contributed by atoms with Crippen molar-refractivity contribution in [3.05, 3.63) is 107 Å². The topological polar surface area (TPSA) is 43.4 Å². The van der Waals surface area contributed by atoms with E-state index in [4.69, 9.17) is 4.74 Å². The minimum atomic E-state index is -0.485. The molecule has 5 rings (SSSR count). The first-order chi connectivity index (χ1) is 14.2. The molecule has 3 heteroatoms. The molecule has 29 heavy (non-hydrogen) atoms. The van der Waals surface area contributed by atoms with Crippen LogP contribution in [-0.4, -0.2) is 18.4 Å². The van der Waals surface area contributed by atoms with E-state index in [-0.39, 0.29) is 12.4 Å². The van der Waals surface area contributed by atoms with E-state index in [1.54, 1.807) is 6.07 Å². The number of hydrogen-bond acceptors (Lipinski definition) is 3. The standard InChI is InChI=1S/C26H18O3/c27-25(16-29-26(28)23-11-5-8-17-6-1-3-9-21(17)23)20-13-12-19-14-18-7-2-4-10-22(18)24(19)15-20/h1-13,15H,14,16H2. The van der Waals surface area contributed by atoms with Crippen LogP contribution in [-0.2, 0) is 11.2 Å². The number of esters is 1. The Morgan fingerprint density at radius 1 is 0.759 bits per heavy atom. The summed E-state index contributed by atoms with van der Waals surface area (Å²) in [6, 6.07) is 27.1. The van der Waals surface area contributed by atoms with Crippen LogP contribution in [0.3, 0.4) is 0 Å². The Morgan fingerprint density at radius 3 is 2.45 bits per heavy atom. The van der Waals surface area contributed by atoms with Gasteiger partial charge in [0.15, 0.2) is 12.4 Å². The number of fused-ring (bicyclic) bond motifs is 4. The largest absolute Gasteiger partial charge is 0.454 e. The van der Waals surface area contributed by atoms with E-state index in [0.717, 1.165) is 22.8 Å². The smallest absolute Gasteiger partial charge is 0.339 e. The lowest BCUT2D eigenvalue weighted by atomic mass is 10.0. The van der Waals surface area contributed by atoms with Crippen molar-refractivity contribution in [3.63, 3.8) is 0 Å². The number of benzene rings is 4. The molecule has 0 unspecified atom stereocenters. The molecule has 0 aromatic heterocycles. The van der Waals surface area contributed by atoms with Crippen LogP contribution in [0.2, 0.25) is 0 Å². The van der Waals surface area contributed by atoms with E-state index in [9.17, 15) is 9.59 Å². The van der Waals surface area contributed by atoms with E-state index >= 15 is 0 Å². The number of carbonyl (C=O) groups excluding carboxylic acids is 2. The number of hydrogen-bond donors (Lipinski definition) is 0. The summed E-state index contributed by atoms with van der Waals surface area (Å²) in [5, 5.41) is 1.78. The molecule has 0 amide bonds. The van der Waals surface area contributed by atoms with Crippen LogP contribution in [0, 0.1) is 0 Å². The van der Waals surface area contributed by atoms with Gasteiger partial charge in [-0.05, 0) is 51.6 Å². The van der Waals surface area contributed by atoms with Crippen LogP contribution < -0.4 is 0 Å². The maximum absolute atomic E-state index is 12.7. The summed E-state index contributed by atoms with van der Waals surface area (Å²) >= 11 is 0. The fraction of sp³-hybridized carbons (Fsp3) is 0.0769. The van der Waals surface area contributed by atoms with E-state index in [2.05, 4.69) is 12.1 Å². The van der Waals surface area contributed by atoms with Gasteiger partial charge in [0.05, 0.1) is 5.56 Å². The first-order valence-corrected chi connectivity index (χ1v) is 9.60. The zero-order valence-corrected chi connectivity index (χ0v) is 15.7. The lowest BCUT2D eigenvalue weighted by Gasteiger charge is -2.08. The summed E-state index contributed by atoms with van der Waals surface area (Å²) in [6.45, 7) is -0.275. The fourth-order valence-corrected chi connectivity index (χ4v) is 3.99. The molecule has 0 spiro atoms. The first kappa shape index (κ1) is 17.4. The Kier molecular flexibility index (Phi) is 4.21. The van der Waals surface area contributed by atoms with Crippen LogP contribution in [0.25, 0.3) is 21.9 Å². The number of Topliss-reactive ketones (excluding diaryl/α,β-unsaturated/α-hetero) is 1.